The van der Waals surface area contributed by atoms with Crippen LogP contribution in [-0.4, -0.2) is 18.1 Å². The molecule has 1 nitrogen and oxygen atoms in total. The minimum atomic E-state index is 0.497. The molecule has 0 spiro atoms. The van der Waals surface area contributed by atoms with Gasteiger partial charge in [0.15, 0.2) is 0 Å². The zero-order chi connectivity index (χ0) is 9.97. The molecule has 0 bridgehead atoms. The fourth-order valence-corrected chi connectivity index (χ4v) is 2.70. The van der Waals surface area contributed by atoms with Crippen molar-refractivity contribution in [2.75, 3.05) is 18.1 Å². The molecule has 1 aliphatic heterocycles. The van der Waals surface area contributed by atoms with Gasteiger partial charge in [0.05, 0.1) is 0 Å². The summed E-state index contributed by atoms with van der Waals surface area (Å²) < 4.78 is 0. The van der Waals surface area contributed by atoms with Crippen molar-refractivity contribution in [3.8, 4) is 0 Å². The van der Waals surface area contributed by atoms with E-state index in [1.807, 2.05) is 11.8 Å². The first-order valence-electron chi connectivity index (χ1n) is 5.19. The molecular formula is C12H17NS. The van der Waals surface area contributed by atoms with Gasteiger partial charge in [0.25, 0.3) is 0 Å². The molecular weight excluding hydrogens is 190 g/mol. The molecule has 76 valence electrons. The van der Waals surface area contributed by atoms with Gasteiger partial charge in [-0.1, -0.05) is 31.2 Å². The van der Waals surface area contributed by atoms with Gasteiger partial charge in [-0.2, -0.15) is 11.8 Å². The fraction of sp³-hybridized carbons (Fsp3) is 0.500. The molecule has 1 atom stereocenters. The average Bonchev–Trinajstić information content (AvgIpc) is 2.15. The minimum absolute atomic E-state index is 0.497. The molecule has 2 rings (SSSR count). The number of rotatable bonds is 3. The Morgan fingerprint density at radius 2 is 2.14 bits per heavy atom. The predicted octanol–water partition coefficient (Wildman–Crippen LogP) is 2.58. The quantitative estimate of drug-likeness (QED) is 0.824. The van der Waals surface area contributed by atoms with Crippen LogP contribution in [0.15, 0.2) is 24.3 Å². The van der Waals surface area contributed by atoms with Crippen molar-refractivity contribution in [1.82, 2.24) is 0 Å². The van der Waals surface area contributed by atoms with Gasteiger partial charge in [0.1, 0.15) is 0 Å². The van der Waals surface area contributed by atoms with Crippen molar-refractivity contribution in [1.29, 1.82) is 0 Å². The molecule has 1 aliphatic rings. The largest absolute Gasteiger partial charge is 0.330 e. The molecule has 0 aromatic heterocycles. The minimum Gasteiger partial charge on any atom is -0.330 e. The standard InChI is InChI=1S/C12H17NS/c1-9(6-13)11-4-2-3-5-12(11)10-7-14-8-10/h2-5,9-10H,6-8,13H2,1H3. The molecule has 1 unspecified atom stereocenters. The molecule has 0 saturated carbocycles. The van der Waals surface area contributed by atoms with Crippen molar-refractivity contribution in [3.63, 3.8) is 0 Å². The Balaban J connectivity index is 2.27. The van der Waals surface area contributed by atoms with E-state index >= 15 is 0 Å². The molecule has 1 heterocycles. The first kappa shape index (κ1) is 10.1. The van der Waals surface area contributed by atoms with E-state index in [1.165, 1.54) is 22.6 Å². The smallest absolute Gasteiger partial charge is 0.00226 e. The van der Waals surface area contributed by atoms with Crippen LogP contribution in [0.3, 0.4) is 0 Å². The number of hydrogen-bond donors (Lipinski definition) is 1. The molecule has 2 heteroatoms. The lowest BCUT2D eigenvalue weighted by Gasteiger charge is -2.28. The van der Waals surface area contributed by atoms with Crippen molar-refractivity contribution in [3.05, 3.63) is 35.4 Å². The highest BCUT2D eigenvalue weighted by Crippen LogP contribution is 2.37. The summed E-state index contributed by atoms with van der Waals surface area (Å²) in [6.07, 6.45) is 0. The summed E-state index contributed by atoms with van der Waals surface area (Å²) in [6.45, 7) is 2.96. The Labute approximate surface area is 90.1 Å². The van der Waals surface area contributed by atoms with Crippen LogP contribution in [0.1, 0.15) is 29.9 Å². The van der Waals surface area contributed by atoms with Crippen LogP contribution in [0.25, 0.3) is 0 Å². The third kappa shape index (κ3) is 1.82. The van der Waals surface area contributed by atoms with Gasteiger partial charge in [-0.05, 0) is 23.6 Å². The Morgan fingerprint density at radius 3 is 2.71 bits per heavy atom. The van der Waals surface area contributed by atoms with Gasteiger partial charge in [0, 0.05) is 17.4 Å². The third-order valence-electron chi connectivity index (χ3n) is 2.96. The topological polar surface area (TPSA) is 26.0 Å². The van der Waals surface area contributed by atoms with E-state index in [9.17, 15) is 0 Å². The van der Waals surface area contributed by atoms with Crippen LogP contribution in [-0.2, 0) is 0 Å². The molecule has 0 amide bonds. The van der Waals surface area contributed by atoms with E-state index in [-0.39, 0.29) is 0 Å². The molecule has 1 aromatic carbocycles. The summed E-state index contributed by atoms with van der Waals surface area (Å²) >= 11 is 2.04. The molecule has 1 aromatic rings. The second-order valence-electron chi connectivity index (χ2n) is 4.00. The van der Waals surface area contributed by atoms with E-state index in [1.54, 1.807) is 0 Å². The van der Waals surface area contributed by atoms with Crippen molar-refractivity contribution >= 4 is 11.8 Å². The highest BCUT2D eigenvalue weighted by atomic mass is 32.2. The second-order valence-corrected chi connectivity index (χ2v) is 5.07. The van der Waals surface area contributed by atoms with E-state index < -0.39 is 0 Å². The zero-order valence-electron chi connectivity index (χ0n) is 8.57. The van der Waals surface area contributed by atoms with Gasteiger partial charge in [-0.15, -0.1) is 0 Å². The van der Waals surface area contributed by atoms with Gasteiger partial charge < -0.3 is 5.73 Å². The Hall–Kier alpha value is -0.470. The maximum atomic E-state index is 5.73. The SMILES string of the molecule is CC(CN)c1ccccc1C1CSC1. The van der Waals surface area contributed by atoms with E-state index in [2.05, 4.69) is 31.2 Å². The van der Waals surface area contributed by atoms with Gasteiger partial charge in [-0.25, -0.2) is 0 Å². The third-order valence-corrected chi connectivity index (χ3v) is 4.23. The van der Waals surface area contributed by atoms with Gasteiger partial charge >= 0.3 is 0 Å². The lowest BCUT2D eigenvalue weighted by molar-refractivity contribution is 0.736. The van der Waals surface area contributed by atoms with E-state index in [4.69, 9.17) is 5.73 Å². The molecule has 2 N–H and O–H groups in total. The predicted molar refractivity (Wildman–Crippen MR) is 64.0 cm³/mol. The highest BCUT2D eigenvalue weighted by molar-refractivity contribution is 8.00. The Morgan fingerprint density at radius 1 is 1.43 bits per heavy atom. The van der Waals surface area contributed by atoms with E-state index in [0.717, 1.165) is 12.5 Å². The van der Waals surface area contributed by atoms with Gasteiger partial charge in [0.2, 0.25) is 0 Å². The first-order chi connectivity index (χ1) is 6.83. The molecule has 1 saturated heterocycles. The Kier molecular flexibility index (Phi) is 3.14. The maximum absolute atomic E-state index is 5.73. The summed E-state index contributed by atoms with van der Waals surface area (Å²) in [6, 6.07) is 8.77. The lowest BCUT2D eigenvalue weighted by atomic mass is 9.89. The Bertz CT molecular complexity index is 283. The molecule has 1 fully saturated rings. The van der Waals surface area contributed by atoms with Crippen LogP contribution in [0.4, 0.5) is 0 Å². The zero-order valence-corrected chi connectivity index (χ0v) is 9.39. The fourth-order valence-electron chi connectivity index (χ4n) is 1.87. The van der Waals surface area contributed by atoms with Crippen molar-refractivity contribution in [2.45, 2.75) is 18.8 Å². The number of thioether (sulfide) groups is 1. The van der Waals surface area contributed by atoms with Crippen molar-refractivity contribution in [2.24, 2.45) is 5.73 Å². The van der Waals surface area contributed by atoms with E-state index in [0.29, 0.717) is 5.92 Å². The van der Waals surface area contributed by atoms with Crippen LogP contribution in [0, 0.1) is 0 Å². The van der Waals surface area contributed by atoms with Crippen molar-refractivity contribution < 1.29 is 0 Å². The lowest BCUT2D eigenvalue weighted by Crippen LogP contribution is -2.19. The van der Waals surface area contributed by atoms with Crippen LogP contribution < -0.4 is 5.73 Å². The van der Waals surface area contributed by atoms with Gasteiger partial charge in [-0.3, -0.25) is 0 Å². The normalized spacial score (nSPS) is 19.0. The number of benzene rings is 1. The monoisotopic (exact) mass is 207 g/mol. The second kappa shape index (κ2) is 4.37. The maximum Gasteiger partial charge on any atom is 0.00226 e. The summed E-state index contributed by atoms with van der Waals surface area (Å²) in [5.41, 5.74) is 8.72. The molecule has 0 radical (unpaired) electrons. The summed E-state index contributed by atoms with van der Waals surface area (Å²) in [5, 5.41) is 0. The average molecular weight is 207 g/mol. The van der Waals surface area contributed by atoms with Crippen LogP contribution >= 0.6 is 11.8 Å². The molecule has 0 aliphatic carbocycles. The first-order valence-corrected chi connectivity index (χ1v) is 6.35. The number of hydrogen-bond acceptors (Lipinski definition) is 2. The number of nitrogens with two attached hydrogens (primary N) is 1. The highest BCUT2D eigenvalue weighted by Gasteiger charge is 2.23. The molecule has 14 heavy (non-hydrogen) atoms. The van der Waals surface area contributed by atoms with Crippen LogP contribution in [0.2, 0.25) is 0 Å². The summed E-state index contributed by atoms with van der Waals surface area (Å²) in [5.74, 6) is 3.85. The summed E-state index contributed by atoms with van der Waals surface area (Å²) in [4.78, 5) is 0. The van der Waals surface area contributed by atoms with Crippen LogP contribution in [0.5, 0.6) is 0 Å². The summed E-state index contributed by atoms with van der Waals surface area (Å²) in [7, 11) is 0.